The van der Waals surface area contributed by atoms with Gasteiger partial charge in [-0.3, -0.25) is 0 Å². The van der Waals surface area contributed by atoms with E-state index in [4.69, 9.17) is 16.0 Å². The molecule has 0 unspecified atom stereocenters. The van der Waals surface area contributed by atoms with Crippen LogP contribution in [0.3, 0.4) is 0 Å². The third-order valence-electron chi connectivity index (χ3n) is 3.99. The minimum absolute atomic E-state index is 0. The van der Waals surface area contributed by atoms with Crippen molar-refractivity contribution in [2.45, 2.75) is 27.3 Å². The van der Waals surface area contributed by atoms with Crippen molar-refractivity contribution in [2.75, 3.05) is 26.2 Å². The van der Waals surface area contributed by atoms with Gasteiger partial charge < -0.3 is 14.6 Å². The maximum atomic E-state index is 6.17. The van der Waals surface area contributed by atoms with Gasteiger partial charge in [-0.05, 0) is 43.8 Å². The maximum Gasteiger partial charge on any atom is 0.134 e. The molecule has 0 fully saturated rings. The first-order valence-electron chi connectivity index (χ1n) is 7.93. The van der Waals surface area contributed by atoms with E-state index >= 15 is 0 Å². The van der Waals surface area contributed by atoms with Crippen molar-refractivity contribution in [2.24, 2.45) is 0 Å². The van der Waals surface area contributed by atoms with Gasteiger partial charge in [0.1, 0.15) is 11.5 Å². The van der Waals surface area contributed by atoms with E-state index in [2.05, 4.69) is 24.1 Å². The van der Waals surface area contributed by atoms with Crippen molar-refractivity contribution in [3.05, 3.63) is 46.7 Å². The Morgan fingerprint density at radius 2 is 1.79 bits per heavy atom. The SMILES string of the molecule is CCN(CC)CCNCc1ccc(-c2cccc(Cl)c2C)o1.Cl.Cl. The summed E-state index contributed by atoms with van der Waals surface area (Å²) in [7, 11) is 0. The second-order valence-corrected chi connectivity index (χ2v) is 5.79. The van der Waals surface area contributed by atoms with Crippen LogP contribution in [0.25, 0.3) is 11.3 Å². The number of likely N-dealkylation sites (N-methyl/N-ethyl adjacent to an activating group) is 1. The zero-order valence-corrected chi connectivity index (χ0v) is 16.9. The predicted molar refractivity (Wildman–Crippen MR) is 108 cm³/mol. The molecule has 0 radical (unpaired) electrons. The topological polar surface area (TPSA) is 28.4 Å². The molecule has 3 nitrogen and oxygen atoms in total. The van der Waals surface area contributed by atoms with Crippen molar-refractivity contribution in [1.82, 2.24) is 10.2 Å². The quantitative estimate of drug-likeness (QED) is 0.626. The highest BCUT2D eigenvalue weighted by Gasteiger charge is 2.09. The summed E-state index contributed by atoms with van der Waals surface area (Å²) in [6.07, 6.45) is 0. The highest BCUT2D eigenvalue weighted by molar-refractivity contribution is 6.31. The normalized spacial score (nSPS) is 10.4. The average Bonchev–Trinajstić information content (AvgIpc) is 2.99. The third-order valence-corrected chi connectivity index (χ3v) is 4.40. The first-order chi connectivity index (χ1) is 10.7. The monoisotopic (exact) mass is 392 g/mol. The molecule has 0 bridgehead atoms. The Balaban J connectivity index is 0.00000264. The number of furan rings is 1. The van der Waals surface area contributed by atoms with Gasteiger partial charge in [0.05, 0.1) is 6.54 Å². The lowest BCUT2D eigenvalue weighted by Gasteiger charge is -2.17. The number of halogens is 3. The van der Waals surface area contributed by atoms with Gasteiger partial charge >= 0.3 is 0 Å². The Bertz CT molecular complexity index is 598. The van der Waals surface area contributed by atoms with E-state index in [1.54, 1.807) is 0 Å². The minimum atomic E-state index is 0. The van der Waals surface area contributed by atoms with E-state index in [-0.39, 0.29) is 24.8 Å². The van der Waals surface area contributed by atoms with Gasteiger partial charge in [0.15, 0.2) is 0 Å². The lowest BCUT2D eigenvalue weighted by Crippen LogP contribution is -2.31. The van der Waals surface area contributed by atoms with Crippen LogP contribution < -0.4 is 5.32 Å². The van der Waals surface area contributed by atoms with Crippen LogP contribution in [-0.2, 0) is 6.54 Å². The molecule has 1 N–H and O–H groups in total. The van der Waals surface area contributed by atoms with E-state index in [1.807, 2.05) is 37.3 Å². The maximum absolute atomic E-state index is 6.17. The van der Waals surface area contributed by atoms with Gasteiger partial charge in [0.2, 0.25) is 0 Å². The van der Waals surface area contributed by atoms with Crippen molar-refractivity contribution < 1.29 is 4.42 Å². The van der Waals surface area contributed by atoms with Crippen LogP contribution in [0.5, 0.6) is 0 Å². The van der Waals surface area contributed by atoms with Gasteiger partial charge in [-0.1, -0.05) is 37.6 Å². The molecule has 0 aliphatic rings. The molecule has 1 heterocycles. The summed E-state index contributed by atoms with van der Waals surface area (Å²) in [4.78, 5) is 2.40. The zero-order valence-electron chi connectivity index (χ0n) is 14.5. The molecule has 2 rings (SSSR count). The van der Waals surface area contributed by atoms with Gasteiger partial charge in [-0.25, -0.2) is 0 Å². The zero-order chi connectivity index (χ0) is 15.9. The Morgan fingerprint density at radius 1 is 1.08 bits per heavy atom. The Labute approximate surface area is 162 Å². The van der Waals surface area contributed by atoms with E-state index in [0.717, 1.165) is 60.4 Å². The third kappa shape index (κ3) is 6.30. The molecule has 0 aliphatic carbocycles. The van der Waals surface area contributed by atoms with Crippen molar-refractivity contribution in [1.29, 1.82) is 0 Å². The molecular weight excluding hydrogens is 367 g/mol. The first kappa shape index (κ1) is 23.3. The summed E-state index contributed by atoms with van der Waals surface area (Å²) in [5, 5.41) is 4.20. The molecule has 1 aromatic carbocycles. The lowest BCUT2D eigenvalue weighted by molar-refractivity contribution is 0.300. The average molecular weight is 394 g/mol. The molecule has 1 aromatic heterocycles. The summed E-state index contributed by atoms with van der Waals surface area (Å²) < 4.78 is 5.93. The van der Waals surface area contributed by atoms with Crippen LogP contribution in [0.1, 0.15) is 25.2 Å². The van der Waals surface area contributed by atoms with Crippen LogP contribution in [0, 0.1) is 6.92 Å². The van der Waals surface area contributed by atoms with Gasteiger partial charge in [-0.2, -0.15) is 0 Å². The first-order valence-corrected chi connectivity index (χ1v) is 8.30. The molecule has 0 atom stereocenters. The van der Waals surface area contributed by atoms with Crippen LogP contribution in [-0.4, -0.2) is 31.1 Å². The number of hydrogen-bond donors (Lipinski definition) is 1. The predicted octanol–water partition coefficient (Wildman–Crippen LogP) is 5.18. The highest BCUT2D eigenvalue weighted by atomic mass is 35.5. The van der Waals surface area contributed by atoms with E-state index < -0.39 is 0 Å². The molecular formula is C18H27Cl3N2O. The molecule has 0 amide bonds. The van der Waals surface area contributed by atoms with Crippen molar-refractivity contribution in [3.8, 4) is 11.3 Å². The molecule has 24 heavy (non-hydrogen) atoms. The van der Waals surface area contributed by atoms with Crippen molar-refractivity contribution in [3.63, 3.8) is 0 Å². The summed E-state index contributed by atoms with van der Waals surface area (Å²) in [6, 6.07) is 9.94. The van der Waals surface area contributed by atoms with Crippen LogP contribution >= 0.6 is 36.4 Å². The molecule has 136 valence electrons. The Kier molecular flexibility index (Phi) is 11.4. The van der Waals surface area contributed by atoms with Crippen LogP contribution in [0.4, 0.5) is 0 Å². The fourth-order valence-electron chi connectivity index (χ4n) is 2.48. The number of benzene rings is 1. The summed E-state index contributed by atoms with van der Waals surface area (Å²) in [5.41, 5.74) is 2.11. The fourth-order valence-corrected chi connectivity index (χ4v) is 2.66. The van der Waals surface area contributed by atoms with E-state index in [9.17, 15) is 0 Å². The van der Waals surface area contributed by atoms with E-state index in [0.29, 0.717) is 0 Å². The Morgan fingerprint density at radius 3 is 2.46 bits per heavy atom. The number of hydrogen-bond acceptors (Lipinski definition) is 3. The smallest absolute Gasteiger partial charge is 0.134 e. The van der Waals surface area contributed by atoms with Crippen molar-refractivity contribution >= 4 is 36.4 Å². The molecule has 0 saturated carbocycles. The molecule has 0 spiro atoms. The van der Waals surface area contributed by atoms with E-state index in [1.165, 1.54) is 0 Å². The van der Waals surface area contributed by atoms with Crippen LogP contribution in [0.15, 0.2) is 34.7 Å². The molecule has 2 aromatic rings. The molecule has 6 heteroatoms. The second-order valence-electron chi connectivity index (χ2n) is 5.38. The summed E-state index contributed by atoms with van der Waals surface area (Å²) in [6.45, 7) is 11.4. The largest absolute Gasteiger partial charge is 0.460 e. The fraction of sp³-hybridized carbons (Fsp3) is 0.444. The summed E-state index contributed by atoms with van der Waals surface area (Å²) >= 11 is 6.17. The van der Waals surface area contributed by atoms with Gasteiger partial charge in [0, 0.05) is 23.7 Å². The molecule has 0 aliphatic heterocycles. The van der Waals surface area contributed by atoms with Gasteiger partial charge in [-0.15, -0.1) is 24.8 Å². The number of rotatable bonds is 8. The van der Waals surface area contributed by atoms with Gasteiger partial charge in [0.25, 0.3) is 0 Å². The molecule has 0 saturated heterocycles. The highest BCUT2D eigenvalue weighted by Crippen LogP contribution is 2.29. The second kappa shape index (κ2) is 11.8. The Hall–Kier alpha value is -0.710. The minimum Gasteiger partial charge on any atom is -0.460 e. The number of nitrogens with one attached hydrogen (secondary N) is 1. The van der Waals surface area contributed by atoms with Crippen LogP contribution in [0.2, 0.25) is 5.02 Å². The number of nitrogens with zero attached hydrogens (tertiary/aromatic N) is 1. The summed E-state index contributed by atoms with van der Waals surface area (Å²) in [5.74, 6) is 1.83. The standard InChI is InChI=1S/C18H25ClN2O.2ClH/c1-4-21(5-2)12-11-20-13-15-9-10-18(22-15)16-7-6-8-17(19)14(16)3;;/h6-10,20H,4-5,11-13H2,1-3H3;2*1H. The lowest BCUT2D eigenvalue weighted by atomic mass is 10.1.